The number of aryl methyl sites for hydroxylation is 1. The summed E-state index contributed by atoms with van der Waals surface area (Å²) in [6.45, 7) is 1.35. The second-order valence-electron chi connectivity index (χ2n) is 5.45. The topological polar surface area (TPSA) is 95.3 Å². The van der Waals surface area contributed by atoms with Crippen LogP contribution in [-0.2, 0) is 23.1 Å². The zero-order valence-corrected chi connectivity index (χ0v) is 14.0. The van der Waals surface area contributed by atoms with Gasteiger partial charge < -0.3 is 14.8 Å². The van der Waals surface area contributed by atoms with E-state index in [0.717, 1.165) is 10.4 Å². The van der Waals surface area contributed by atoms with Gasteiger partial charge in [0, 0.05) is 25.1 Å². The van der Waals surface area contributed by atoms with Gasteiger partial charge in [0.1, 0.15) is 11.8 Å². The molecule has 0 aliphatic carbocycles. The molecule has 24 heavy (non-hydrogen) atoms. The van der Waals surface area contributed by atoms with Crippen molar-refractivity contribution in [3.05, 3.63) is 44.8 Å². The van der Waals surface area contributed by atoms with Crippen LogP contribution in [0.15, 0.2) is 27.8 Å². The number of amides is 1. The lowest BCUT2D eigenvalue weighted by Gasteiger charge is -2.31. The normalized spacial score (nSPS) is 20.7. The van der Waals surface area contributed by atoms with Gasteiger partial charge in [-0.05, 0) is 12.5 Å². The molecular weight excluding hydrogens is 332 g/mol. The number of carbonyl (C=O) groups is 1. The van der Waals surface area contributed by atoms with Crippen molar-refractivity contribution in [3.63, 3.8) is 0 Å². The second kappa shape index (κ2) is 7.65. The van der Waals surface area contributed by atoms with E-state index in [4.69, 9.17) is 9.47 Å². The Morgan fingerprint density at radius 1 is 1.54 bits per heavy atom. The fraction of sp³-hybridized carbons (Fsp3) is 0.467. The number of nitrogens with zero attached hydrogens (tertiary/aromatic N) is 3. The minimum atomic E-state index is -0.334. The summed E-state index contributed by atoms with van der Waals surface area (Å²) >= 11 is 1.51. The lowest BCUT2D eigenvalue weighted by Crippen LogP contribution is -2.50. The van der Waals surface area contributed by atoms with Crippen molar-refractivity contribution in [2.45, 2.75) is 25.2 Å². The molecule has 1 N–H and O–H groups in total. The summed E-state index contributed by atoms with van der Waals surface area (Å²) in [7, 11) is 1.51. The summed E-state index contributed by atoms with van der Waals surface area (Å²) in [5.41, 5.74) is 2.54. The van der Waals surface area contributed by atoms with E-state index in [1.54, 1.807) is 5.51 Å². The third-order valence-electron chi connectivity index (χ3n) is 3.74. The van der Waals surface area contributed by atoms with E-state index in [-0.39, 0.29) is 29.3 Å². The first-order valence-electron chi connectivity index (χ1n) is 7.55. The van der Waals surface area contributed by atoms with E-state index in [0.29, 0.717) is 26.2 Å². The highest BCUT2D eigenvalue weighted by Crippen LogP contribution is 2.14. The van der Waals surface area contributed by atoms with Crippen molar-refractivity contribution in [1.82, 2.24) is 20.1 Å². The minimum absolute atomic E-state index is 0.177. The highest BCUT2D eigenvalue weighted by atomic mass is 32.1. The summed E-state index contributed by atoms with van der Waals surface area (Å²) < 4.78 is 12.4. The Hall–Kier alpha value is -2.10. The average molecular weight is 350 g/mol. The van der Waals surface area contributed by atoms with Crippen LogP contribution in [0.25, 0.3) is 0 Å². The van der Waals surface area contributed by atoms with Gasteiger partial charge in [-0.2, -0.15) is 5.10 Å². The molecule has 3 heterocycles. The molecule has 1 aliphatic heterocycles. The van der Waals surface area contributed by atoms with E-state index in [1.807, 2.05) is 5.38 Å². The van der Waals surface area contributed by atoms with Crippen molar-refractivity contribution in [2.24, 2.45) is 7.05 Å². The van der Waals surface area contributed by atoms with Gasteiger partial charge in [0.15, 0.2) is 0 Å². The van der Waals surface area contributed by atoms with Gasteiger partial charge >= 0.3 is 0 Å². The predicted octanol–water partition coefficient (Wildman–Crippen LogP) is 0.341. The standard InChI is InChI=1S/C15H18N4O4S/c1-19-14(20)3-2-12(18-19)15(21)17-11-4-5-22-7-13(11)23-6-10-8-24-9-16-10/h2-3,8-9,11,13H,4-7H2,1H3,(H,17,21)/t11-,13-/m1/s1. The van der Waals surface area contributed by atoms with Gasteiger partial charge in [-0.15, -0.1) is 11.3 Å². The molecule has 2 aromatic heterocycles. The molecule has 3 rings (SSSR count). The molecule has 1 amide bonds. The molecule has 0 aromatic carbocycles. The van der Waals surface area contributed by atoms with Crippen LogP contribution >= 0.6 is 11.3 Å². The molecule has 2 atom stereocenters. The molecule has 128 valence electrons. The minimum Gasteiger partial charge on any atom is -0.379 e. The largest absolute Gasteiger partial charge is 0.379 e. The zero-order chi connectivity index (χ0) is 16.9. The molecule has 0 radical (unpaired) electrons. The lowest BCUT2D eigenvalue weighted by atomic mass is 10.1. The summed E-state index contributed by atoms with van der Waals surface area (Å²) in [6.07, 6.45) is 0.399. The number of hydrogen-bond donors (Lipinski definition) is 1. The van der Waals surface area contributed by atoms with Gasteiger partial charge in [0.2, 0.25) is 0 Å². The van der Waals surface area contributed by atoms with Gasteiger partial charge in [0.05, 0.1) is 30.5 Å². The molecule has 0 saturated carbocycles. The molecule has 0 unspecified atom stereocenters. The van der Waals surface area contributed by atoms with Crippen molar-refractivity contribution < 1.29 is 14.3 Å². The molecule has 8 nitrogen and oxygen atoms in total. The first-order valence-corrected chi connectivity index (χ1v) is 8.49. The number of carbonyl (C=O) groups excluding carboxylic acids is 1. The number of rotatable bonds is 5. The van der Waals surface area contributed by atoms with E-state index in [1.165, 1.54) is 30.5 Å². The molecule has 9 heteroatoms. The maximum atomic E-state index is 12.4. The van der Waals surface area contributed by atoms with E-state index in [2.05, 4.69) is 15.4 Å². The number of thiazole rings is 1. The summed E-state index contributed by atoms with van der Waals surface area (Å²) in [6, 6.07) is 2.56. The highest BCUT2D eigenvalue weighted by Gasteiger charge is 2.28. The Bertz CT molecular complexity index is 746. The third kappa shape index (κ3) is 4.05. The fourth-order valence-corrected chi connectivity index (χ4v) is 2.95. The first-order chi connectivity index (χ1) is 11.6. The van der Waals surface area contributed by atoms with Crippen LogP contribution in [0.3, 0.4) is 0 Å². The van der Waals surface area contributed by atoms with Crippen molar-refractivity contribution in [1.29, 1.82) is 0 Å². The summed E-state index contributed by atoms with van der Waals surface area (Å²) in [4.78, 5) is 27.9. The summed E-state index contributed by atoms with van der Waals surface area (Å²) in [5.74, 6) is -0.334. The molecule has 1 saturated heterocycles. The van der Waals surface area contributed by atoms with Gasteiger partial charge in [0.25, 0.3) is 11.5 Å². The van der Waals surface area contributed by atoms with Crippen LogP contribution < -0.4 is 10.9 Å². The summed E-state index contributed by atoms with van der Waals surface area (Å²) in [5, 5.41) is 8.81. The van der Waals surface area contributed by atoms with E-state index in [9.17, 15) is 9.59 Å². The van der Waals surface area contributed by atoms with Crippen LogP contribution in [-0.4, -0.2) is 46.0 Å². The third-order valence-corrected chi connectivity index (χ3v) is 4.38. The number of hydrogen-bond acceptors (Lipinski definition) is 7. The molecule has 1 aliphatic rings. The number of ether oxygens (including phenoxy) is 2. The van der Waals surface area contributed by atoms with Crippen LogP contribution in [0.2, 0.25) is 0 Å². The molecule has 0 spiro atoms. The molecule has 0 bridgehead atoms. The maximum Gasteiger partial charge on any atom is 0.272 e. The van der Waals surface area contributed by atoms with Crippen LogP contribution in [0, 0.1) is 0 Å². The quantitative estimate of drug-likeness (QED) is 0.836. The molecule has 2 aromatic rings. The zero-order valence-electron chi connectivity index (χ0n) is 13.2. The van der Waals surface area contributed by atoms with Crippen LogP contribution in [0.5, 0.6) is 0 Å². The van der Waals surface area contributed by atoms with Gasteiger partial charge in [-0.3, -0.25) is 9.59 Å². The molecular formula is C15H18N4O4S. The monoisotopic (exact) mass is 350 g/mol. The van der Waals surface area contributed by atoms with E-state index < -0.39 is 0 Å². The molecule has 1 fully saturated rings. The van der Waals surface area contributed by atoms with Crippen molar-refractivity contribution in [2.75, 3.05) is 13.2 Å². The van der Waals surface area contributed by atoms with Crippen LogP contribution in [0.1, 0.15) is 22.6 Å². The Balaban J connectivity index is 1.63. The Labute approximate surface area is 142 Å². The van der Waals surface area contributed by atoms with Gasteiger partial charge in [-0.25, -0.2) is 9.67 Å². The van der Waals surface area contributed by atoms with E-state index >= 15 is 0 Å². The Kier molecular flexibility index (Phi) is 5.34. The highest BCUT2D eigenvalue weighted by molar-refractivity contribution is 7.07. The van der Waals surface area contributed by atoms with Crippen LogP contribution in [0.4, 0.5) is 0 Å². The number of nitrogens with one attached hydrogen (secondary N) is 1. The Morgan fingerprint density at radius 3 is 3.17 bits per heavy atom. The SMILES string of the molecule is Cn1nc(C(=O)N[C@@H]2CCOC[C@H]2OCc2cscn2)ccc1=O. The smallest absolute Gasteiger partial charge is 0.272 e. The maximum absolute atomic E-state index is 12.4. The fourth-order valence-electron chi connectivity index (χ4n) is 2.41. The lowest BCUT2D eigenvalue weighted by molar-refractivity contribution is -0.0742. The first kappa shape index (κ1) is 16.7. The predicted molar refractivity (Wildman–Crippen MR) is 86.9 cm³/mol. The number of aromatic nitrogens is 3. The van der Waals surface area contributed by atoms with Crippen molar-refractivity contribution >= 4 is 17.2 Å². The van der Waals surface area contributed by atoms with Crippen molar-refractivity contribution in [3.8, 4) is 0 Å². The Morgan fingerprint density at radius 2 is 2.42 bits per heavy atom. The average Bonchev–Trinajstić information content (AvgIpc) is 3.10. The second-order valence-corrected chi connectivity index (χ2v) is 6.17. The van der Waals surface area contributed by atoms with Gasteiger partial charge in [-0.1, -0.05) is 0 Å².